The monoisotopic (exact) mass is 282 g/mol. The molecule has 3 rings (SSSR count). The molecule has 5 nitrogen and oxygen atoms in total. The molecule has 1 atom stereocenters. The van der Waals surface area contributed by atoms with E-state index in [0.29, 0.717) is 22.4 Å². The number of pyridine rings is 1. The topological polar surface area (TPSA) is 63.8 Å². The second-order valence-corrected chi connectivity index (χ2v) is 5.49. The molecule has 1 aliphatic heterocycles. The summed E-state index contributed by atoms with van der Waals surface area (Å²) < 4.78 is 5.28. The van der Waals surface area contributed by atoms with E-state index >= 15 is 0 Å². The summed E-state index contributed by atoms with van der Waals surface area (Å²) in [6.07, 6.45) is 1.57. The maximum atomic E-state index is 5.79. The van der Waals surface area contributed by atoms with Gasteiger partial charge in [0.2, 0.25) is 11.7 Å². The number of halogens is 1. The summed E-state index contributed by atoms with van der Waals surface area (Å²) in [4.78, 5) is 8.54. The van der Waals surface area contributed by atoms with Crippen LogP contribution in [0.4, 0.5) is 0 Å². The SMILES string of the molecule is Clc1ccc(-c2noc(C3CSCCN3)n2)nc1. The molecule has 1 unspecified atom stereocenters. The van der Waals surface area contributed by atoms with E-state index in [4.69, 9.17) is 16.1 Å². The number of hydrogen-bond acceptors (Lipinski definition) is 6. The number of aromatic nitrogens is 3. The van der Waals surface area contributed by atoms with Crippen molar-refractivity contribution < 1.29 is 4.52 Å². The summed E-state index contributed by atoms with van der Waals surface area (Å²) in [7, 11) is 0. The van der Waals surface area contributed by atoms with Gasteiger partial charge < -0.3 is 9.84 Å². The van der Waals surface area contributed by atoms with Crippen molar-refractivity contribution in [2.75, 3.05) is 18.1 Å². The third-order valence-electron chi connectivity index (χ3n) is 2.62. The molecule has 2 aromatic heterocycles. The van der Waals surface area contributed by atoms with Gasteiger partial charge in [-0.1, -0.05) is 16.8 Å². The minimum Gasteiger partial charge on any atom is -0.337 e. The van der Waals surface area contributed by atoms with Gasteiger partial charge in [-0.15, -0.1) is 0 Å². The van der Waals surface area contributed by atoms with Gasteiger partial charge >= 0.3 is 0 Å². The summed E-state index contributed by atoms with van der Waals surface area (Å²) in [5.41, 5.74) is 0.665. The number of nitrogens with zero attached hydrogens (tertiary/aromatic N) is 3. The minimum absolute atomic E-state index is 0.136. The fourth-order valence-electron chi connectivity index (χ4n) is 1.71. The molecule has 0 radical (unpaired) electrons. The van der Waals surface area contributed by atoms with Crippen molar-refractivity contribution in [2.24, 2.45) is 0 Å². The van der Waals surface area contributed by atoms with Crippen LogP contribution < -0.4 is 5.32 Å². The highest BCUT2D eigenvalue weighted by molar-refractivity contribution is 7.99. The standard InChI is InChI=1S/C11H11ClN4OS/c12-7-1-2-8(14-5-7)10-15-11(17-16-10)9-6-18-4-3-13-9/h1-2,5,9,13H,3-4,6H2. The molecule has 1 saturated heterocycles. The Bertz CT molecular complexity index is 524. The molecule has 18 heavy (non-hydrogen) atoms. The Morgan fingerprint density at radius 3 is 3.11 bits per heavy atom. The van der Waals surface area contributed by atoms with Gasteiger partial charge in [0.15, 0.2) is 0 Å². The van der Waals surface area contributed by atoms with Crippen molar-refractivity contribution in [1.82, 2.24) is 20.4 Å². The lowest BCUT2D eigenvalue weighted by molar-refractivity contribution is 0.342. The van der Waals surface area contributed by atoms with Crippen LogP contribution in [0.5, 0.6) is 0 Å². The lowest BCUT2D eigenvalue weighted by Crippen LogP contribution is -2.30. The van der Waals surface area contributed by atoms with Gasteiger partial charge in [0.25, 0.3) is 0 Å². The highest BCUT2D eigenvalue weighted by Gasteiger charge is 2.21. The van der Waals surface area contributed by atoms with Gasteiger partial charge in [0.05, 0.1) is 11.1 Å². The van der Waals surface area contributed by atoms with Crippen LogP contribution in [0.25, 0.3) is 11.5 Å². The first kappa shape index (κ1) is 12.0. The van der Waals surface area contributed by atoms with E-state index in [0.717, 1.165) is 18.1 Å². The highest BCUT2D eigenvalue weighted by Crippen LogP contribution is 2.23. The normalized spacial score (nSPS) is 19.9. The predicted octanol–water partition coefficient (Wildman–Crippen LogP) is 2.16. The van der Waals surface area contributed by atoms with E-state index in [1.165, 1.54) is 0 Å². The van der Waals surface area contributed by atoms with Crippen LogP contribution in [0.2, 0.25) is 5.02 Å². The van der Waals surface area contributed by atoms with Crippen molar-refractivity contribution in [3.05, 3.63) is 29.2 Å². The molecule has 3 heterocycles. The Hall–Kier alpha value is -1.11. The number of rotatable bonds is 2. The molecule has 1 fully saturated rings. The predicted molar refractivity (Wildman–Crippen MR) is 70.6 cm³/mol. The molecule has 94 valence electrons. The Labute approximate surface area is 113 Å². The van der Waals surface area contributed by atoms with Crippen molar-refractivity contribution >= 4 is 23.4 Å². The minimum atomic E-state index is 0.136. The van der Waals surface area contributed by atoms with Gasteiger partial charge in [-0.3, -0.25) is 4.98 Å². The maximum Gasteiger partial charge on any atom is 0.244 e. The van der Waals surface area contributed by atoms with Gasteiger partial charge in [-0.05, 0) is 12.1 Å². The third kappa shape index (κ3) is 2.50. The van der Waals surface area contributed by atoms with Crippen LogP contribution in [-0.2, 0) is 0 Å². The van der Waals surface area contributed by atoms with Gasteiger partial charge in [-0.25, -0.2) is 0 Å². The second-order valence-electron chi connectivity index (χ2n) is 3.90. The Morgan fingerprint density at radius 1 is 1.44 bits per heavy atom. The molecule has 7 heteroatoms. The van der Waals surface area contributed by atoms with Gasteiger partial charge in [0.1, 0.15) is 5.69 Å². The third-order valence-corrected chi connectivity index (χ3v) is 3.90. The van der Waals surface area contributed by atoms with E-state index in [2.05, 4.69) is 20.4 Å². The van der Waals surface area contributed by atoms with E-state index in [1.807, 2.05) is 11.8 Å². The average Bonchev–Trinajstić information content (AvgIpc) is 2.90. The summed E-state index contributed by atoms with van der Waals surface area (Å²) in [6.45, 7) is 0.965. The molecular weight excluding hydrogens is 272 g/mol. The molecule has 1 N–H and O–H groups in total. The zero-order valence-corrected chi connectivity index (χ0v) is 11.0. The van der Waals surface area contributed by atoms with Crippen LogP contribution in [0.15, 0.2) is 22.9 Å². The summed E-state index contributed by atoms with van der Waals surface area (Å²) in [5, 5.41) is 7.89. The number of hydrogen-bond donors (Lipinski definition) is 1. The lowest BCUT2D eigenvalue weighted by Gasteiger charge is -2.19. The highest BCUT2D eigenvalue weighted by atomic mass is 35.5. The molecule has 2 aromatic rings. The molecule has 0 saturated carbocycles. The summed E-state index contributed by atoms with van der Waals surface area (Å²) >= 11 is 7.67. The smallest absolute Gasteiger partial charge is 0.244 e. The summed E-state index contributed by atoms with van der Waals surface area (Å²) in [6, 6.07) is 3.67. The van der Waals surface area contributed by atoms with E-state index in [9.17, 15) is 0 Å². The van der Waals surface area contributed by atoms with Crippen molar-refractivity contribution in [2.45, 2.75) is 6.04 Å². The fourth-order valence-corrected chi connectivity index (χ4v) is 2.75. The Kier molecular flexibility index (Phi) is 3.49. The van der Waals surface area contributed by atoms with Crippen LogP contribution in [0.3, 0.4) is 0 Å². The second kappa shape index (κ2) is 5.26. The van der Waals surface area contributed by atoms with Crippen molar-refractivity contribution in [3.63, 3.8) is 0 Å². The lowest BCUT2D eigenvalue weighted by atomic mass is 10.3. The molecule has 0 bridgehead atoms. The molecule has 0 aromatic carbocycles. The van der Waals surface area contributed by atoms with Crippen molar-refractivity contribution in [1.29, 1.82) is 0 Å². The first-order valence-electron chi connectivity index (χ1n) is 5.59. The summed E-state index contributed by atoms with van der Waals surface area (Å²) in [5.74, 6) is 3.19. The number of thioether (sulfide) groups is 1. The first-order valence-corrected chi connectivity index (χ1v) is 7.13. The molecule has 0 amide bonds. The van der Waals surface area contributed by atoms with Crippen LogP contribution in [-0.4, -0.2) is 33.2 Å². The molecule has 0 aliphatic carbocycles. The molecule has 0 spiro atoms. The first-order chi connectivity index (χ1) is 8.83. The van der Waals surface area contributed by atoms with E-state index in [1.54, 1.807) is 18.3 Å². The van der Waals surface area contributed by atoms with Crippen LogP contribution in [0.1, 0.15) is 11.9 Å². The average molecular weight is 283 g/mol. The fraction of sp³-hybridized carbons (Fsp3) is 0.364. The zero-order chi connectivity index (χ0) is 12.4. The van der Waals surface area contributed by atoms with Crippen molar-refractivity contribution in [3.8, 4) is 11.5 Å². The van der Waals surface area contributed by atoms with Gasteiger partial charge in [-0.2, -0.15) is 16.7 Å². The maximum absolute atomic E-state index is 5.79. The Balaban J connectivity index is 1.82. The quantitative estimate of drug-likeness (QED) is 0.911. The van der Waals surface area contributed by atoms with E-state index in [-0.39, 0.29) is 6.04 Å². The largest absolute Gasteiger partial charge is 0.337 e. The van der Waals surface area contributed by atoms with Crippen LogP contribution >= 0.6 is 23.4 Å². The van der Waals surface area contributed by atoms with Gasteiger partial charge in [0, 0.05) is 24.2 Å². The molecule has 1 aliphatic rings. The zero-order valence-electron chi connectivity index (χ0n) is 9.47. The van der Waals surface area contributed by atoms with E-state index < -0.39 is 0 Å². The van der Waals surface area contributed by atoms with Crippen LogP contribution in [0, 0.1) is 0 Å². The number of nitrogens with one attached hydrogen (secondary N) is 1. The molecular formula is C11H11ClN4OS. The Morgan fingerprint density at radius 2 is 2.39 bits per heavy atom.